The molecule has 0 bridgehead atoms. The molecular formula is C26H34N2O4S. The van der Waals surface area contributed by atoms with E-state index in [2.05, 4.69) is 24.8 Å². The number of likely N-dealkylation sites (N-methyl/N-ethyl adjacent to an activating group) is 1. The lowest BCUT2D eigenvalue weighted by Crippen LogP contribution is -2.55. The van der Waals surface area contributed by atoms with Crippen LogP contribution < -0.4 is 4.90 Å². The third-order valence-electron chi connectivity index (χ3n) is 6.07. The molecule has 1 aliphatic carbocycles. The van der Waals surface area contributed by atoms with E-state index < -0.39 is 12.0 Å². The van der Waals surface area contributed by atoms with Crippen LogP contribution in [0.5, 0.6) is 0 Å². The van der Waals surface area contributed by atoms with Crippen LogP contribution in [0.25, 0.3) is 0 Å². The molecule has 33 heavy (non-hydrogen) atoms. The molecule has 1 fully saturated rings. The van der Waals surface area contributed by atoms with Gasteiger partial charge in [0.1, 0.15) is 10.9 Å². The van der Waals surface area contributed by atoms with Crippen molar-refractivity contribution in [3.8, 4) is 11.8 Å². The molecule has 1 aliphatic heterocycles. The Labute approximate surface area is 201 Å². The number of amides is 2. The Bertz CT molecular complexity index is 1020. The van der Waals surface area contributed by atoms with Gasteiger partial charge in [0.25, 0.3) is 0 Å². The number of allylic oxidation sites excluding steroid dienone is 2. The fraction of sp³-hybridized carbons (Fsp3) is 0.577. The molecule has 0 aromatic carbocycles. The van der Waals surface area contributed by atoms with Crippen LogP contribution in [0.4, 0.5) is 5.69 Å². The maximum atomic E-state index is 13.9. The normalized spacial score (nSPS) is 21.1. The van der Waals surface area contributed by atoms with E-state index in [0.717, 1.165) is 19.3 Å². The maximum absolute atomic E-state index is 13.9. The summed E-state index contributed by atoms with van der Waals surface area (Å²) < 4.78 is 5.04. The molecule has 2 heterocycles. The van der Waals surface area contributed by atoms with Gasteiger partial charge < -0.3 is 9.64 Å². The maximum Gasteiger partial charge on any atom is 0.350 e. The average Bonchev–Trinajstić information content (AvgIpc) is 3.19. The van der Waals surface area contributed by atoms with Crippen molar-refractivity contribution in [2.75, 3.05) is 25.6 Å². The molecule has 2 atom stereocenters. The monoisotopic (exact) mass is 470 g/mol. The van der Waals surface area contributed by atoms with Crippen molar-refractivity contribution >= 4 is 34.8 Å². The lowest BCUT2D eigenvalue weighted by molar-refractivity contribution is -0.136. The van der Waals surface area contributed by atoms with Gasteiger partial charge in [-0.2, -0.15) is 0 Å². The second kappa shape index (κ2) is 10.1. The first kappa shape index (κ1) is 25.0. The summed E-state index contributed by atoms with van der Waals surface area (Å²) in [6.45, 7) is 8.78. The summed E-state index contributed by atoms with van der Waals surface area (Å²) in [4.78, 5) is 44.0. The van der Waals surface area contributed by atoms with Gasteiger partial charge in [-0.25, -0.2) is 4.79 Å². The lowest BCUT2D eigenvalue weighted by Gasteiger charge is -2.38. The number of esters is 1. The summed E-state index contributed by atoms with van der Waals surface area (Å²) in [7, 11) is 3.09. The van der Waals surface area contributed by atoms with Gasteiger partial charge in [-0.15, -0.1) is 11.3 Å². The largest absolute Gasteiger partial charge is 0.465 e. The van der Waals surface area contributed by atoms with E-state index in [1.54, 1.807) is 22.9 Å². The van der Waals surface area contributed by atoms with Gasteiger partial charge in [0, 0.05) is 24.9 Å². The van der Waals surface area contributed by atoms with Gasteiger partial charge in [-0.3, -0.25) is 14.5 Å². The van der Waals surface area contributed by atoms with Crippen LogP contribution in [0.15, 0.2) is 17.7 Å². The molecule has 0 unspecified atom stereocenters. The minimum absolute atomic E-state index is 0.0959. The smallest absolute Gasteiger partial charge is 0.350 e. The number of carbonyl (C=O) groups excluding carboxylic acids is 3. The van der Waals surface area contributed by atoms with Gasteiger partial charge in [0.2, 0.25) is 11.8 Å². The van der Waals surface area contributed by atoms with Crippen molar-refractivity contribution in [2.24, 2.45) is 11.3 Å². The fourth-order valence-corrected chi connectivity index (χ4v) is 5.11. The first-order chi connectivity index (χ1) is 15.5. The number of thiophene rings is 1. The zero-order valence-corrected chi connectivity index (χ0v) is 21.3. The van der Waals surface area contributed by atoms with Crippen molar-refractivity contribution < 1.29 is 19.1 Å². The molecule has 1 aromatic heterocycles. The highest BCUT2D eigenvalue weighted by Gasteiger charge is 2.40. The van der Waals surface area contributed by atoms with Gasteiger partial charge in [-0.05, 0) is 65.9 Å². The molecule has 0 N–H and O–H groups in total. The number of carbonyl (C=O) groups is 3. The van der Waals surface area contributed by atoms with E-state index in [0.29, 0.717) is 34.8 Å². The number of hydrogen-bond acceptors (Lipinski definition) is 5. The Balaban J connectivity index is 2.11. The van der Waals surface area contributed by atoms with Gasteiger partial charge in [0.15, 0.2) is 0 Å². The van der Waals surface area contributed by atoms with Crippen LogP contribution in [0.3, 0.4) is 0 Å². The summed E-state index contributed by atoms with van der Waals surface area (Å²) in [5, 5.41) is 0. The third-order valence-corrected chi connectivity index (χ3v) is 7.09. The molecule has 3 rings (SSSR count). The van der Waals surface area contributed by atoms with Crippen LogP contribution in [-0.2, 0) is 14.3 Å². The molecule has 2 amide bonds. The molecule has 2 aliphatic rings. The van der Waals surface area contributed by atoms with Crippen LogP contribution in [0.2, 0.25) is 0 Å². The molecular weight excluding hydrogens is 436 g/mol. The van der Waals surface area contributed by atoms with Crippen molar-refractivity contribution in [2.45, 2.75) is 65.8 Å². The summed E-state index contributed by atoms with van der Waals surface area (Å²) in [6.07, 6.45) is 5.71. The molecule has 7 heteroatoms. The highest BCUT2D eigenvalue weighted by atomic mass is 32.1. The van der Waals surface area contributed by atoms with Crippen LogP contribution in [-0.4, -0.2) is 49.4 Å². The van der Waals surface area contributed by atoms with Crippen molar-refractivity contribution in [3.63, 3.8) is 0 Å². The number of nitrogens with zero attached hydrogens (tertiary/aromatic N) is 2. The zero-order chi connectivity index (χ0) is 24.3. The first-order valence-electron chi connectivity index (χ1n) is 11.5. The predicted octanol–water partition coefficient (Wildman–Crippen LogP) is 4.63. The fourth-order valence-electron chi connectivity index (χ4n) is 4.19. The summed E-state index contributed by atoms with van der Waals surface area (Å²) in [5.74, 6) is 5.39. The number of hydrogen-bond donors (Lipinski definition) is 0. The Hall–Kier alpha value is -2.59. The third kappa shape index (κ3) is 5.86. The minimum Gasteiger partial charge on any atom is -0.465 e. The molecule has 1 aromatic rings. The molecule has 0 spiro atoms. The number of methoxy groups -OCH3 is 1. The quantitative estimate of drug-likeness (QED) is 0.366. The van der Waals surface area contributed by atoms with E-state index in [9.17, 15) is 14.4 Å². The lowest BCUT2D eigenvalue weighted by atomic mass is 9.88. The Morgan fingerprint density at radius 2 is 2.00 bits per heavy atom. The van der Waals surface area contributed by atoms with Gasteiger partial charge in [0.05, 0.1) is 17.7 Å². The first-order valence-corrected chi connectivity index (χ1v) is 12.3. The number of rotatable bonds is 4. The second-order valence-electron chi connectivity index (χ2n) is 9.96. The number of anilines is 1. The highest BCUT2D eigenvalue weighted by Crippen LogP contribution is 2.37. The molecule has 0 saturated carbocycles. The van der Waals surface area contributed by atoms with E-state index >= 15 is 0 Å². The van der Waals surface area contributed by atoms with Crippen LogP contribution in [0, 0.1) is 23.2 Å². The molecule has 178 valence electrons. The minimum atomic E-state index is -0.635. The average molecular weight is 471 g/mol. The Morgan fingerprint density at radius 3 is 2.61 bits per heavy atom. The second-order valence-corrected chi connectivity index (χ2v) is 11.0. The van der Waals surface area contributed by atoms with Crippen molar-refractivity contribution in [1.82, 2.24) is 4.90 Å². The molecule has 1 saturated heterocycles. The van der Waals surface area contributed by atoms with Crippen LogP contribution >= 0.6 is 11.3 Å². The predicted molar refractivity (Wildman–Crippen MR) is 131 cm³/mol. The van der Waals surface area contributed by atoms with Crippen molar-refractivity contribution in [1.29, 1.82) is 0 Å². The SMILES string of the molecule is COC(=O)c1sc(C#CC(C)(C)C)cc1N(C(=O)[C@@H]1CC=C(C)CC1)[C@H]1CCCN(C)C1=O. The highest BCUT2D eigenvalue weighted by molar-refractivity contribution is 7.15. The van der Waals surface area contributed by atoms with E-state index in [4.69, 9.17) is 4.74 Å². The molecule has 6 nitrogen and oxygen atoms in total. The number of likely N-dealkylation sites (tertiary alicyclic amines) is 1. The Morgan fingerprint density at radius 1 is 1.27 bits per heavy atom. The summed E-state index contributed by atoms with van der Waals surface area (Å²) in [6, 6.07) is 1.14. The Kier molecular flexibility index (Phi) is 7.69. The zero-order valence-electron chi connectivity index (χ0n) is 20.5. The summed E-state index contributed by atoms with van der Waals surface area (Å²) >= 11 is 1.21. The number of ether oxygens (including phenoxy) is 1. The summed E-state index contributed by atoms with van der Waals surface area (Å²) in [5.41, 5.74) is 1.51. The van der Waals surface area contributed by atoms with E-state index in [-0.39, 0.29) is 23.1 Å². The topological polar surface area (TPSA) is 66.9 Å². The standard InChI is InChI=1S/C26H34N2O4S/c1-17-9-11-18(12-10-17)23(29)28(20-8-7-15-27(5)24(20)30)21-16-19(13-14-26(2,3)4)33-22(21)25(31)32-6/h9,16,18,20H,7-8,10-12,15H2,1-6H3/t18-,20+/m1/s1. The van der Waals surface area contributed by atoms with Gasteiger partial charge >= 0.3 is 5.97 Å². The van der Waals surface area contributed by atoms with Crippen molar-refractivity contribution in [3.05, 3.63) is 27.5 Å². The van der Waals surface area contributed by atoms with Gasteiger partial charge in [-0.1, -0.05) is 23.5 Å². The van der Waals surface area contributed by atoms with Crippen LogP contribution in [0.1, 0.15) is 74.3 Å². The van der Waals surface area contributed by atoms with E-state index in [1.165, 1.54) is 24.0 Å². The van der Waals surface area contributed by atoms with E-state index in [1.807, 2.05) is 20.8 Å². The molecule has 0 radical (unpaired) electrons. The number of piperidine rings is 1.